The molecular formula is C21H26O5. The van der Waals surface area contributed by atoms with Gasteiger partial charge in [-0.25, -0.2) is 0 Å². The molecule has 0 bridgehead atoms. The van der Waals surface area contributed by atoms with Gasteiger partial charge in [-0.1, -0.05) is 24.3 Å². The van der Waals surface area contributed by atoms with Gasteiger partial charge in [-0.05, 0) is 48.2 Å². The topological polar surface area (TPSA) is 54.0 Å². The van der Waals surface area contributed by atoms with Crippen molar-refractivity contribution in [1.29, 1.82) is 0 Å². The van der Waals surface area contributed by atoms with Gasteiger partial charge < -0.3 is 18.9 Å². The van der Waals surface area contributed by atoms with E-state index >= 15 is 0 Å². The number of hydrogen-bond acceptors (Lipinski definition) is 5. The van der Waals surface area contributed by atoms with Crippen molar-refractivity contribution in [2.45, 2.75) is 25.9 Å². The summed E-state index contributed by atoms with van der Waals surface area (Å²) in [5.74, 6) is 1.37. The Balaban J connectivity index is 2.03. The summed E-state index contributed by atoms with van der Waals surface area (Å²) in [6.07, 6.45) is 1.41. The zero-order chi connectivity index (χ0) is 18.8. The molecule has 0 atom stereocenters. The van der Waals surface area contributed by atoms with Crippen LogP contribution in [-0.2, 0) is 14.3 Å². The third-order valence-corrected chi connectivity index (χ3v) is 3.97. The lowest BCUT2D eigenvalue weighted by Crippen LogP contribution is -2.09. The third-order valence-electron chi connectivity index (χ3n) is 3.97. The molecule has 0 aromatic heterocycles. The first-order valence-electron chi connectivity index (χ1n) is 8.67. The average Bonchev–Trinajstić information content (AvgIpc) is 2.67. The SMILES string of the molecule is COc1ccc(C(OCCCCOC(C)=O)c2ccc(OC)cc2)cc1. The van der Waals surface area contributed by atoms with Crippen LogP contribution in [0.3, 0.4) is 0 Å². The van der Waals surface area contributed by atoms with E-state index in [0.29, 0.717) is 13.2 Å². The third kappa shape index (κ3) is 6.08. The number of methoxy groups -OCH3 is 2. The number of unbranched alkanes of at least 4 members (excludes halogenated alkanes) is 1. The first-order chi connectivity index (χ1) is 12.6. The Morgan fingerprint density at radius 2 is 1.27 bits per heavy atom. The van der Waals surface area contributed by atoms with Crippen LogP contribution in [-0.4, -0.2) is 33.4 Å². The molecule has 0 aliphatic carbocycles. The fourth-order valence-electron chi connectivity index (χ4n) is 2.56. The minimum Gasteiger partial charge on any atom is -0.497 e. The Bertz CT molecular complexity index is 616. The Hall–Kier alpha value is -2.53. The van der Waals surface area contributed by atoms with E-state index in [1.807, 2.05) is 48.5 Å². The minimum atomic E-state index is -0.250. The van der Waals surface area contributed by atoms with E-state index in [0.717, 1.165) is 35.5 Å². The fourth-order valence-corrected chi connectivity index (χ4v) is 2.56. The van der Waals surface area contributed by atoms with Crippen LogP contribution in [0.1, 0.15) is 37.0 Å². The first kappa shape index (κ1) is 19.8. The van der Waals surface area contributed by atoms with Crippen molar-refractivity contribution in [3.8, 4) is 11.5 Å². The van der Waals surface area contributed by atoms with Gasteiger partial charge in [0.2, 0.25) is 0 Å². The second-order valence-electron chi connectivity index (χ2n) is 5.84. The number of esters is 1. The number of benzene rings is 2. The van der Waals surface area contributed by atoms with Crippen molar-refractivity contribution in [3.63, 3.8) is 0 Å². The quantitative estimate of drug-likeness (QED) is 0.472. The highest BCUT2D eigenvalue weighted by atomic mass is 16.5. The van der Waals surface area contributed by atoms with Crippen LogP contribution in [0.4, 0.5) is 0 Å². The molecule has 0 spiro atoms. The Labute approximate surface area is 154 Å². The zero-order valence-corrected chi connectivity index (χ0v) is 15.6. The van der Waals surface area contributed by atoms with Crippen LogP contribution in [0.25, 0.3) is 0 Å². The largest absolute Gasteiger partial charge is 0.497 e. The van der Waals surface area contributed by atoms with Gasteiger partial charge in [0.05, 0.1) is 20.8 Å². The normalized spacial score (nSPS) is 10.6. The molecule has 5 heteroatoms. The van der Waals surface area contributed by atoms with E-state index in [4.69, 9.17) is 18.9 Å². The van der Waals surface area contributed by atoms with E-state index in [2.05, 4.69) is 0 Å². The molecule has 140 valence electrons. The number of carbonyl (C=O) groups excluding carboxylic acids is 1. The van der Waals surface area contributed by atoms with Gasteiger partial charge in [-0.15, -0.1) is 0 Å². The van der Waals surface area contributed by atoms with Gasteiger partial charge in [0.15, 0.2) is 0 Å². The molecule has 0 unspecified atom stereocenters. The molecule has 0 N–H and O–H groups in total. The van der Waals surface area contributed by atoms with Crippen molar-refractivity contribution >= 4 is 5.97 Å². The van der Waals surface area contributed by atoms with Crippen LogP contribution in [0.5, 0.6) is 11.5 Å². The average molecular weight is 358 g/mol. The van der Waals surface area contributed by atoms with E-state index in [1.165, 1.54) is 6.92 Å². The summed E-state index contributed by atoms with van der Waals surface area (Å²) in [5.41, 5.74) is 2.10. The fraction of sp³-hybridized carbons (Fsp3) is 0.381. The van der Waals surface area contributed by atoms with Crippen LogP contribution in [0.2, 0.25) is 0 Å². The summed E-state index contributed by atoms with van der Waals surface area (Å²) >= 11 is 0. The molecule has 0 aliphatic heterocycles. The standard InChI is InChI=1S/C21H26O5/c1-16(22)25-14-4-5-15-26-21(17-6-10-19(23-2)11-7-17)18-8-12-20(24-3)13-9-18/h6-13,21H,4-5,14-15H2,1-3H3. The molecular weight excluding hydrogens is 332 g/mol. The molecule has 0 heterocycles. The van der Waals surface area contributed by atoms with Crippen LogP contribution in [0, 0.1) is 0 Å². The van der Waals surface area contributed by atoms with E-state index < -0.39 is 0 Å². The summed E-state index contributed by atoms with van der Waals surface area (Å²) in [6, 6.07) is 15.7. The Kier molecular flexibility index (Phi) is 7.96. The summed E-state index contributed by atoms with van der Waals surface area (Å²) in [4.78, 5) is 10.8. The molecule has 0 fully saturated rings. The molecule has 26 heavy (non-hydrogen) atoms. The molecule has 0 amide bonds. The molecule has 2 aromatic carbocycles. The highest BCUT2D eigenvalue weighted by molar-refractivity contribution is 5.65. The molecule has 2 aromatic rings. The van der Waals surface area contributed by atoms with Crippen molar-refractivity contribution in [2.75, 3.05) is 27.4 Å². The summed E-state index contributed by atoms with van der Waals surface area (Å²) in [5, 5.41) is 0. The van der Waals surface area contributed by atoms with Gasteiger partial charge in [-0.2, -0.15) is 0 Å². The van der Waals surface area contributed by atoms with Crippen molar-refractivity contribution in [2.24, 2.45) is 0 Å². The number of hydrogen-bond donors (Lipinski definition) is 0. The van der Waals surface area contributed by atoms with Crippen molar-refractivity contribution < 1.29 is 23.7 Å². The lowest BCUT2D eigenvalue weighted by molar-refractivity contribution is -0.141. The second-order valence-corrected chi connectivity index (χ2v) is 5.84. The van der Waals surface area contributed by atoms with Crippen LogP contribution in [0.15, 0.2) is 48.5 Å². The summed E-state index contributed by atoms with van der Waals surface area (Å²) in [6.45, 7) is 2.41. The van der Waals surface area contributed by atoms with Crippen LogP contribution >= 0.6 is 0 Å². The molecule has 0 saturated heterocycles. The Morgan fingerprint density at radius 3 is 1.69 bits per heavy atom. The molecule has 0 radical (unpaired) electrons. The second kappa shape index (κ2) is 10.5. The highest BCUT2D eigenvalue weighted by Gasteiger charge is 2.15. The summed E-state index contributed by atoms with van der Waals surface area (Å²) < 4.78 is 21.6. The highest BCUT2D eigenvalue weighted by Crippen LogP contribution is 2.29. The van der Waals surface area contributed by atoms with Crippen molar-refractivity contribution in [1.82, 2.24) is 0 Å². The predicted molar refractivity (Wildman–Crippen MR) is 99.7 cm³/mol. The Morgan fingerprint density at radius 1 is 0.808 bits per heavy atom. The number of ether oxygens (including phenoxy) is 4. The lowest BCUT2D eigenvalue weighted by atomic mass is 10.0. The maximum absolute atomic E-state index is 10.8. The van der Waals surface area contributed by atoms with Crippen LogP contribution < -0.4 is 9.47 Å². The lowest BCUT2D eigenvalue weighted by Gasteiger charge is -2.20. The molecule has 0 aliphatic rings. The smallest absolute Gasteiger partial charge is 0.302 e. The van der Waals surface area contributed by atoms with Gasteiger partial charge in [0, 0.05) is 13.5 Å². The maximum atomic E-state index is 10.8. The number of carbonyl (C=O) groups is 1. The molecule has 0 saturated carbocycles. The first-order valence-corrected chi connectivity index (χ1v) is 8.67. The zero-order valence-electron chi connectivity index (χ0n) is 15.6. The van der Waals surface area contributed by atoms with Gasteiger partial charge in [0.25, 0.3) is 0 Å². The van der Waals surface area contributed by atoms with Crippen molar-refractivity contribution in [3.05, 3.63) is 59.7 Å². The minimum absolute atomic E-state index is 0.180. The van der Waals surface area contributed by atoms with E-state index in [1.54, 1.807) is 14.2 Å². The van der Waals surface area contributed by atoms with E-state index in [-0.39, 0.29) is 12.1 Å². The van der Waals surface area contributed by atoms with Gasteiger partial charge >= 0.3 is 5.97 Å². The molecule has 2 rings (SSSR count). The molecule has 5 nitrogen and oxygen atoms in total. The maximum Gasteiger partial charge on any atom is 0.302 e. The van der Waals surface area contributed by atoms with Gasteiger partial charge in [-0.3, -0.25) is 4.79 Å². The monoisotopic (exact) mass is 358 g/mol. The predicted octanol–water partition coefficient (Wildman–Crippen LogP) is 4.15. The van der Waals surface area contributed by atoms with E-state index in [9.17, 15) is 4.79 Å². The van der Waals surface area contributed by atoms with Gasteiger partial charge in [0.1, 0.15) is 17.6 Å². The summed E-state index contributed by atoms with van der Waals surface area (Å²) in [7, 11) is 3.30. The number of rotatable bonds is 10.